The summed E-state index contributed by atoms with van der Waals surface area (Å²) in [6, 6.07) is 18.6. The summed E-state index contributed by atoms with van der Waals surface area (Å²) in [4.78, 5) is 56.7. The van der Waals surface area contributed by atoms with Crippen LogP contribution in [0.1, 0.15) is 16.4 Å². The number of fused-ring (bicyclic) bond motifs is 2. The number of thioether (sulfide) groups is 1. The van der Waals surface area contributed by atoms with E-state index in [1.807, 2.05) is 6.07 Å². The average Bonchev–Trinajstić information content (AvgIpc) is 3.48. The fourth-order valence-electron chi connectivity index (χ4n) is 5.12. The summed E-state index contributed by atoms with van der Waals surface area (Å²) >= 11 is 14.2. The summed E-state index contributed by atoms with van der Waals surface area (Å²) in [7, 11) is 1.46. The van der Waals surface area contributed by atoms with Gasteiger partial charge in [-0.05, 0) is 48.0 Å². The second-order valence-electron chi connectivity index (χ2n) is 9.47. The molecule has 214 valence electrons. The van der Waals surface area contributed by atoms with Gasteiger partial charge in [0.25, 0.3) is 5.91 Å². The minimum absolute atomic E-state index is 0.266. The van der Waals surface area contributed by atoms with Crippen molar-refractivity contribution in [3.05, 3.63) is 96.9 Å². The third-order valence-electron chi connectivity index (χ3n) is 6.95. The summed E-state index contributed by atoms with van der Waals surface area (Å²) in [6.45, 7) is -0.316. The van der Waals surface area contributed by atoms with Gasteiger partial charge in [-0.25, -0.2) is 4.90 Å². The van der Waals surface area contributed by atoms with Gasteiger partial charge in [-0.15, -0.1) is 0 Å². The molecule has 1 saturated heterocycles. The summed E-state index contributed by atoms with van der Waals surface area (Å²) < 4.78 is 11.3. The zero-order valence-corrected chi connectivity index (χ0v) is 24.9. The van der Waals surface area contributed by atoms with Gasteiger partial charge in [-0.3, -0.25) is 19.2 Å². The van der Waals surface area contributed by atoms with Crippen molar-refractivity contribution in [2.24, 2.45) is 5.92 Å². The van der Waals surface area contributed by atoms with Gasteiger partial charge in [-0.1, -0.05) is 70.6 Å². The van der Waals surface area contributed by atoms with Crippen molar-refractivity contribution in [2.75, 3.05) is 23.9 Å². The van der Waals surface area contributed by atoms with Crippen LogP contribution < -0.4 is 24.6 Å². The topological polar surface area (TPSA) is 118 Å². The number of amides is 3. The Bertz CT molecular complexity index is 1780. The molecule has 0 unspecified atom stereocenters. The molecule has 3 amide bonds. The summed E-state index contributed by atoms with van der Waals surface area (Å²) in [5.74, 6) is -1.79. The highest BCUT2D eigenvalue weighted by Gasteiger charge is 2.56. The fourth-order valence-corrected chi connectivity index (χ4v) is 7.93. The number of nitrogens with zero attached hydrogens (tertiary/aromatic N) is 1. The van der Waals surface area contributed by atoms with Crippen molar-refractivity contribution >= 4 is 75.4 Å². The Morgan fingerprint density at radius 2 is 1.76 bits per heavy atom. The Balaban J connectivity index is 1.28. The number of thiazole rings is 1. The molecule has 1 aromatic heterocycles. The van der Waals surface area contributed by atoms with E-state index in [4.69, 9.17) is 32.7 Å². The van der Waals surface area contributed by atoms with Crippen LogP contribution in [0.25, 0.3) is 0 Å². The van der Waals surface area contributed by atoms with E-state index < -0.39 is 23.0 Å². The van der Waals surface area contributed by atoms with Gasteiger partial charge in [0.1, 0.15) is 5.25 Å². The number of rotatable bonds is 7. The molecule has 2 N–H and O–H groups in total. The first-order chi connectivity index (χ1) is 20.2. The lowest BCUT2D eigenvalue weighted by Gasteiger charge is -2.30. The zero-order chi connectivity index (χ0) is 29.5. The highest BCUT2D eigenvalue weighted by molar-refractivity contribution is 8.00. The quantitative estimate of drug-likeness (QED) is 0.254. The van der Waals surface area contributed by atoms with E-state index in [0.29, 0.717) is 48.4 Å². The molecule has 42 heavy (non-hydrogen) atoms. The Morgan fingerprint density at radius 1 is 0.976 bits per heavy atom. The number of H-pyrrole nitrogens is 1. The number of anilines is 2. The lowest BCUT2D eigenvalue weighted by atomic mass is 9.83. The molecule has 0 radical (unpaired) electrons. The van der Waals surface area contributed by atoms with Crippen LogP contribution in [0.3, 0.4) is 0 Å². The van der Waals surface area contributed by atoms with Gasteiger partial charge in [0, 0.05) is 16.5 Å². The third-order valence-corrected chi connectivity index (χ3v) is 10.1. The predicted molar refractivity (Wildman–Crippen MR) is 162 cm³/mol. The van der Waals surface area contributed by atoms with Gasteiger partial charge in [-0.2, -0.15) is 0 Å². The zero-order valence-electron chi connectivity index (χ0n) is 21.8. The number of aromatic amines is 1. The molecule has 3 atom stereocenters. The number of para-hydroxylation sites is 1. The number of ether oxygens (including phenoxy) is 2. The third kappa shape index (κ3) is 5.17. The highest BCUT2D eigenvalue weighted by Crippen LogP contribution is 2.53. The summed E-state index contributed by atoms with van der Waals surface area (Å²) in [5.41, 5.74) is 1.63. The number of hydrogen-bond acceptors (Lipinski definition) is 8. The van der Waals surface area contributed by atoms with Gasteiger partial charge in [0.05, 0.1) is 33.8 Å². The van der Waals surface area contributed by atoms with Crippen LogP contribution in [0.4, 0.5) is 11.4 Å². The van der Waals surface area contributed by atoms with Gasteiger partial charge in [0.2, 0.25) is 11.8 Å². The van der Waals surface area contributed by atoms with Crippen LogP contribution in [0.2, 0.25) is 10.0 Å². The second kappa shape index (κ2) is 11.5. The van der Waals surface area contributed by atoms with Crippen LogP contribution in [0.5, 0.6) is 11.5 Å². The Hall–Kier alpha value is -3.77. The highest BCUT2D eigenvalue weighted by atomic mass is 35.5. The van der Waals surface area contributed by atoms with E-state index >= 15 is 0 Å². The molecule has 0 spiro atoms. The second-order valence-corrected chi connectivity index (χ2v) is 12.5. The molecule has 6 rings (SSSR count). The number of carbonyl (C=O) groups excluding carboxylic acids is 3. The molecule has 1 fully saturated rings. The molecule has 0 aliphatic carbocycles. The number of carbonyl (C=O) groups is 3. The largest absolute Gasteiger partial charge is 0.493 e. The number of benzene rings is 3. The first-order valence-corrected chi connectivity index (χ1v) is 15.1. The van der Waals surface area contributed by atoms with Crippen molar-refractivity contribution in [3.63, 3.8) is 0 Å². The van der Waals surface area contributed by atoms with E-state index in [0.717, 1.165) is 11.3 Å². The van der Waals surface area contributed by atoms with E-state index in [-0.39, 0.29) is 23.3 Å². The Morgan fingerprint density at radius 3 is 2.50 bits per heavy atom. The normalized spacial score (nSPS) is 19.3. The SMILES string of the molecule is COc1cc([C@@H]2c3sc(=O)[nH]c3S[C@H]3C(=O)N(c4ccccc4)C(=O)[C@@H]23)ccc1OCC(=O)Nc1ccc(Cl)c(Cl)c1. The number of hydrogen-bond donors (Lipinski definition) is 2. The van der Waals surface area contributed by atoms with Crippen molar-refractivity contribution in [3.8, 4) is 11.5 Å². The Kier molecular flexibility index (Phi) is 7.75. The van der Waals surface area contributed by atoms with Gasteiger partial charge < -0.3 is 19.8 Å². The average molecular weight is 643 g/mol. The van der Waals surface area contributed by atoms with Crippen molar-refractivity contribution in [1.82, 2.24) is 4.98 Å². The van der Waals surface area contributed by atoms with Crippen LogP contribution in [0.15, 0.2) is 76.6 Å². The van der Waals surface area contributed by atoms with Crippen molar-refractivity contribution < 1.29 is 23.9 Å². The standard InChI is InChI=1S/C29H21Cl2N3O6S2/c1-39-20-11-14(7-10-19(20)40-13-21(35)32-15-8-9-17(30)18(31)12-15)22-23-25(41-26-24(22)42-29(38)33-26)28(37)34(27(23)36)16-5-3-2-4-6-16/h2-12,22-23,25H,13H2,1H3,(H,32,35)(H,33,38)/t22-,23-,25+/m0/s1. The maximum Gasteiger partial charge on any atom is 0.305 e. The van der Waals surface area contributed by atoms with Crippen LogP contribution >= 0.6 is 46.3 Å². The maximum atomic E-state index is 13.8. The van der Waals surface area contributed by atoms with Crippen LogP contribution in [-0.2, 0) is 14.4 Å². The van der Waals surface area contributed by atoms with Crippen molar-refractivity contribution in [1.29, 1.82) is 0 Å². The van der Waals surface area contributed by atoms with E-state index in [9.17, 15) is 19.2 Å². The molecular formula is C29H21Cl2N3O6S2. The summed E-state index contributed by atoms with van der Waals surface area (Å²) in [5, 5.41) is 3.23. The van der Waals surface area contributed by atoms with E-state index in [1.165, 1.54) is 29.8 Å². The number of methoxy groups -OCH3 is 1. The number of halogens is 2. The lowest BCUT2D eigenvalue weighted by Crippen LogP contribution is -2.32. The molecule has 2 aliphatic heterocycles. The van der Waals surface area contributed by atoms with E-state index in [1.54, 1.807) is 54.6 Å². The molecule has 4 aromatic rings. The van der Waals surface area contributed by atoms with Gasteiger partial charge in [0.15, 0.2) is 18.1 Å². The molecule has 13 heteroatoms. The van der Waals surface area contributed by atoms with Crippen LogP contribution in [0, 0.1) is 5.92 Å². The first-order valence-electron chi connectivity index (χ1n) is 12.6. The maximum absolute atomic E-state index is 13.8. The van der Waals surface area contributed by atoms with E-state index in [2.05, 4.69) is 10.3 Å². The first kappa shape index (κ1) is 28.4. The Labute approximate surface area is 257 Å². The van der Waals surface area contributed by atoms with Crippen LogP contribution in [-0.4, -0.2) is 41.7 Å². The molecule has 0 bridgehead atoms. The fraction of sp³-hybridized carbons (Fsp3) is 0.172. The minimum Gasteiger partial charge on any atom is -0.493 e. The molecule has 3 aromatic carbocycles. The lowest BCUT2D eigenvalue weighted by molar-refractivity contribution is -0.122. The molecular weight excluding hydrogens is 621 g/mol. The summed E-state index contributed by atoms with van der Waals surface area (Å²) in [6.07, 6.45) is 0. The van der Waals surface area contributed by atoms with Crippen molar-refractivity contribution in [2.45, 2.75) is 16.2 Å². The number of aromatic nitrogens is 1. The molecule has 9 nitrogen and oxygen atoms in total. The molecule has 2 aliphatic rings. The number of nitrogens with one attached hydrogen (secondary N) is 2. The predicted octanol–water partition coefficient (Wildman–Crippen LogP) is 5.57. The van der Waals surface area contributed by atoms with Gasteiger partial charge >= 0.3 is 4.87 Å². The smallest absolute Gasteiger partial charge is 0.305 e. The number of imide groups is 1. The monoisotopic (exact) mass is 641 g/mol. The minimum atomic E-state index is -0.741. The molecule has 0 saturated carbocycles. The molecule has 3 heterocycles.